The number of nitrogens with one attached hydrogen (secondary N) is 1. The molecular formula is C22H25N3O. The SMILES string of the molecule is O=C(NCC#Cc1ccccc1)N1CCN(CCc2ccccc2)CC1. The lowest BCUT2D eigenvalue weighted by atomic mass is 10.1. The van der Waals surface area contributed by atoms with E-state index in [1.165, 1.54) is 5.56 Å². The Morgan fingerprint density at radius 2 is 1.58 bits per heavy atom. The van der Waals surface area contributed by atoms with Crippen molar-refractivity contribution < 1.29 is 4.79 Å². The van der Waals surface area contributed by atoms with Gasteiger partial charge >= 0.3 is 6.03 Å². The monoisotopic (exact) mass is 347 g/mol. The van der Waals surface area contributed by atoms with Gasteiger partial charge < -0.3 is 10.2 Å². The molecular weight excluding hydrogens is 322 g/mol. The summed E-state index contributed by atoms with van der Waals surface area (Å²) in [5, 5.41) is 2.89. The Kier molecular flexibility index (Phi) is 6.69. The first-order valence-corrected chi connectivity index (χ1v) is 9.14. The lowest BCUT2D eigenvalue weighted by molar-refractivity contribution is 0.141. The van der Waals surface area contributed by atoms with Gasteiger partial charge in [-0.3, -0.25) is 4.90 Å². The van der Waals surface area contributed by atoms with Gasteiger partial charge in [-0.25, -0.2) is 4.79 Å². The van der Waals surface area contributed by atoms with Crippen LogP contribution in [0.5, 0.6) is 0 Å². The maximum atomic E-state index is 12.2. The van der Waals surface area contributed by atoms with Gasteiger partial charge in [-0.1, -0.05) is 60.4 Å². The zero-order valence-electron chi connectivity index (χ0n) is 15.0. The molecule has 1 heterocycles. The van der Waals surface area contributed by atoms with Crippen LogP contribution in [-0.4, -0.2) is 55.1 Å². The van der Waals surface area contributed by atoms with Crippen LogP contribution in [-0.2, 0) is 6.42 Å². The summed E-state index contributed by atoms with van der Waals surface area (Å²) in [5.74, 6) is 6.05. The van der Waals surface area contributed by atoms with E-state index in [1.807, 2.05) is 41.3 Å². The van der Waals surface area contributed by atoms with E-state index < -0.39 is 0 Å². The first-order valence-electron chi connectivity index (χ1n) is 9.14. The molecule has 26 heavy (non-hydrogen) atoms. The van der Waals surface area contributed by atoms with Crippen molar-refractivity contribution in [3.8, 4) is 11.8 Å². The third kappa shape index (κ3) is 5.65. The molecule has 134 valence electrons. The molecule has 0 saturated carbocycles. The van der Waals surface area contributed by atoms with Gasteiger partial charge in [-0.2, -0.15) is 0 Å². The first kappa shape index (κ1) is 18.0. The molecule has 3 rings (SSSR count). The highest BCUT2D eigenvalue weighted by Gasteiger charge is 2.20. The van der Waals surface area contributed by atoms with E-state index in [9.17, 15) is 4.79 Å². The second-order valence-corrected chi connectivity index (χ2v) is 6.39. The van der Waals surface area contributed by atoms with Crippen molar-refractivity contribution in [2.75, 3.05) is 39.3 Å². The third-order valence-electron chi connectivity index (χ3n) is 4.55. The predicted octanol–water partition coefficient (Wildman–Crippen LogP) is 2.61. The Balaban J connectivity index is 1.35. The number of benzene rings is 2. The Bertz CT molecular complexity index is 741. The fraction of sp³-hybridized carbons (Fsp3) is 0.318. The van der Waals surface area contributed by atoms with Gasteiger partial charge in [0.2, 0.25) is 0 Å². The van der Waals surface area contributed by atoms with Crippen molar-refractivity contribution in [1.82, 2.24) is 15.1 Å². The zero-order valence-corrected chi connectivity index (χ0v) is 15.0. The molecule has 4 heteroatoms. The van der Waals surface area contributed by atoms with Crippen molar-refractivity contribution in [1.29, 1.82) is 0 Å². The fourth-order valence-corrected chi connectivity index (χ4v) is 3.01. The van der Waals surface area contributed by atoms with E-state index in [-0.39, 0.29) is 6.03 Å². The summed E-state index contributed by atoms with van der Waals surface area (Å²) in [5.41, 5.74) is 2.33. The summed E-state index contributed by atoms with van der Waals surface area (Å²) in [6, 6.07) is 20.3. The molecule has 1 aliphatic heterocycles. The van der Waals surface area contributed by atoms with Crippen LogP contribution in [0.1, 0.15) is 11.1 Å². The van der Waals surface area contributed by atoms with Crippen LogP contribution in [0, 0.1) is 11.8 Å². The number of hydrogen-bond donors (Lipinski definition) is 1. The molecule has 1 saturated heterocycles. The van der Waals surface area contributed by atoms with Crippen LogP contribution in [0.15, 0.2) is 60.7 Å². The van der Waals surface area contributed by atoms with Crippen LogP contribution >= 0.6 is 0 Å². The molecule has 1 aliphatic rings. The highest BCUT2D eigenvalue weighted by Crippen LogP contribution is 2.05. The lowest BCUT2D eigenvalue weighted by Crippen LogP contribution is -2.52. The normalized spacial score (nSPS) is 14.4. The van der Waals surface area contributed by atoms with Gasteiger partial charge in [0.25, 0.3) is 0 Å². The highest BCUT2D eigenvalue weighted by molar-refractivity contribution is 5.74. The zero-order chi connectivity index (χ0) is 18.0. The molecule has 0 radical (unpaired) electrons. The molecule has 0 atom stereocenters. The second kappa shape index (κ2) is 9.65. The summed E-state index contributed by atoms with van der Waals surface area (Å²) >= 11 is 0. The van der Waals surface area contributed by atoms with Gasteiger partial charge in [0, 0.05) is 38.3 Å². The minimum Gasteiger partial charge on any atom is -0.327 e. The standard InChI is InChI=1S/C22H25N3O/c26-22(23-14-7-12-20-8-3-1-4-9-20)25-18-16-24(17-19-25)15-13-21-10-5-2-6-11-21/h1-6,8-11H,13-19H2,(H,23,26). The molecule has 1 fully saturated rings. The largest absolute Gasteiger partial charge is 0.327 e. The molecule has 0 bridgehead atoms. The number of carbonyl (C=O) groups is 1. The van der Waals surface area contributed by atoms with E-state index in [0.29, 0.717) is 6.54 Å². The number of hydrogen-bond acceptors (Lipinski definition) is 2. The molecule has 0 aliphatic carbocycles. The smallest absolute Gasteiger partial charge is 0.318 e. The van der Waals surface area contributed by atoms with Gasteiger partial charge in [-0.05, 0) is 24.1 Å². The Morgan fingerprint density at radius 3 is 2.27 bits per heavy atom. The average molecular weight is 347 g/mol. The Labute approximate surface area is 155 Å². The van der Waals surface area contributed by atoms with E-state index in [1.54, 1.807) is 0 Å². The molecule has 2 aromatic carbocycles. The topological polar surface area (TPSA) is 35.6 Å². The fourth-order valence-electron chi connectivity index (χ4n) is 3.01. The van der Waals surface area contributed by atoms with Gasteiger partial charge in [0.15, 0.2) is 0 Å². The maximum absolute atomic E-state index is 12.2. The lowest BCUT2D eigenvalue weighted by Gasteiger charge is -2.34. The number of nitrogens with zero attached hydrogens (tertiary/aromatic N) is 2. The second-order valence-electron chi connectivity index (χ2n) is 6.39. The van der Waals surface area contributed by atoms with Crippen LogP contribution in [0.25, 0.3) is 0 Å². The van der Waals surface area contributed by atoms with Crippen molar-refractivity contribution >= 4 is 6.03 Å². The quantitative estimate of drug-likeness (QED) is 0.863. The van der Waals surface area contributed by atoms with Crippen molar-refractivity contribution in [2.45, 2.75) is 6.42 Å². The maximum Gasteiger partial charge on any atom is 0.318 e. The van der Waals surface area contributed by atoms with Gasteiger partial charge in [0.1, 0.15) is 0 Å². The van der Waals surface area contributed by atoms with Crippen molar-refractivity contribution in [3.05, 3.63) is 71.8 Å². The number of carbonyl (C=O) groups excluding carboxylic acids is 1. The van der Waals surface area contributed by atoms with E-state index in [2.05, 4.69) is 46.3 Å². The van der Waals surface area contributed by atoms with Crippen molar-refractivity contribution in [2.24, 2.45) is 0 Å². The molecule has 0 aromatic heterocycles. The molecule has 2 amide bonds. The van der Waals surface area contributed by atoms with E-state index in [4.69, 9.17) is 0 Å². The summed E-state index contributed by atoms with van der Waals surface area (Å²) in [6.07, 6.45) is 1.06. The average Bonchev–Trinajstić information content (AvgIpc) is 2.71. The van der Waals surface area contributed by atoms with Crippen LogP contribution in [0.2, 0.25) is 0 Å². The minimum atomic E-state index is -0.0185. The van der Waals surface area contributed by atoms with E-state index in [0.717, 1.165) is 44.7 Å². The third-order valence-corrected chi connectivity index (χ3v) is 4.55. The van der Waals surface area contributed by atoms with E-state index >= 15 is 0 Å². The summed E-state index contributed by atoms with van der Waals surface area (Å²) in [7, 11) is 0. The molecule has 0 unspecified atom stereocenters. The Hall–Kier alpha value is -2.77. The van der Waals surface area contributed by atoms with Gasteiger partial charge in [0.05, 0.1) is 6.54 Å². The van der Waals surface area contributed by atoms with Crippen molar-refractivity contribution in [3.63, 3.8) is 0 Å². The summed E-state index contributed by atoms with van der Waals surface area (Å²) in [4.78, 5) is 16.5. The Morgan fingerprint density at radius 1 is 0.923 bits per heavy atom. The van der Waals surface area contributed by atoms with Crippen LogP contribution < -0.4 is 5.32 Å². The molecule has 1 N–H and O–H groups in total. The number of rotatable bonds is 4. The number of urea groups is 1. The van der Waals surface area contributed by atoms with Crippen LogP contribution in [0.3, 0.4) is 0 Å². The van der Waals surface area contributed by atoms with Crippen LogP contribution in [0.4, 0.5) is 4.79 Å². The summed E-state index contributed by atoms with van der Waals surface area (Å²) < 4.78 is 0. The predicted molar refractivity (Wildman–Crippen MR) is 105 cm³/mol. The molecule has 4 nitrogen and oxygen atoms in total. The highest BCUT2D eigenvalue weighted by atomic mass is 16.2. The molecule has 0 spiro atoms. The minimum absolute atomic E-state index is 0.0185. The first-order chi connectivity index (χ1) is 12.8. The summed E-state index contributed by atoms with van der Waals surface area (Å²) in [6.45, 7) is 4.81. The number of piperazine rings is 1. The molecule has 2 aromatic rings. The number of amides is 2. The van der Waals surface area contributed by atoms with Gasteiger partial charge in [-0.15, -0.1) is 0 Å².